The summed E-state index contributed by atoms with van der Waals surface area (Å²) in [6.45, 7) is 4.49. The molecule has 1 aromatic rings. The van der Waals surface area contributed by atoms with E-state index in [0.29, 0.717) is 26.2 Å². The second-order valence-electron chi connectivity index (χ2n) is 4.53. The fraction of sp³-hybridized carbons (Fsp3) is 0.500. The van der Waals surface area contributed by atoms with Crippen molar-refractivity contribution in [3.8, 4) is 0 Å². The Labute approximate surface area is 113 Å². The lowest BCUT2D eigenvalue weighted by Gasteiger charge is -2.31. The van der Waals surface area contributed by atoms with Crippen molar-refractivity contribution in [3.05, 3.63) is 24.3 Å². The second-order valence-corrected chi connectivity index (χ2v) is 4.53. The van der Waals surface area contributed by atoms with Crippen molar-refractivity contribution < 1.29 is 9.53 Å². The van der Waals surface area contributed by atoms with Gasteiger partial charge in [-0.25, -0.2) is 0 Å². The van der Waals surface area contributed by atoms with Gasteiger partial charge in [0.15, 0.2) is 0 Å². The monoisotopic (exact) mass is 263 g/mol. The molecule has 1 aliphatic rings. The molecule has 1 heterocycles. The van der Waals surface area contributed by atoms with Crippen molar-refractivity contribution in [3.63, 3.8) is 0 Å². The number of fused-ring (bicyclic) bond motifs is 1. The maximum absolute atomic E-state index is 12.4. The second kappa shape index (κ2) is 6.43. The Balaban J connectivity index is 2.01. The number of rotatable bonds is 5. The summed E-state index contributed by atoms with van der Waals surface area (Å²) in [6, 6.07) is 7.71. The molecule has 19 heavy (non-hydrogen) atoms. The molecule has 1 unspecified atom stereocenters. The lowest BCUT2D eigenvalue weighted by molar-refractivity contribution is -0.132. The van der Waals surface area contributed by atoms with Crippen LogP contribution in [-0.4, -0.2) is 50.2 Å². The molecule has 0 radical (unpaired) electrons. The number of hydrogen-bond donors (Lipinski definition) is 2. The minimum Gasteiger partial charge on any atom is -0.383 e. The van der Waals surface area contributed by atoms with Gasteiger partial charge in [-0.05, 0) is 19.1 Å². The van der Waals surface area contributed by atoms with Crippen molar-refractivity contribution in [1.29, 1.82) is 0 Å². The number of likely N-dealkylation sites (N-methyl/N-ethyl adjacent to an activating group) is 1. The summed E-state index contributed by atoms with van der Waals surface area (Å²) in [5.41, 5.74) is 2.03. The van der Waals surface area contributed by atoms with E-state index in [0.717, 1.165) is 11.4 Å². The maximum Gasteiger partial charge on any atom is 0.246 e. The molecule has 0 saturated heterocycles. The van der Waals surface area contributed by atoms with E-state index in [-0.39, 0.29) is 11.9 Å². The lowest BCUT2D eigenvalue weighted by Crippen LogP contribution is -2.48. The number of carbonyl (C=O) groups excluding carboxylic acids is 1. The van der Waals surface area contributed by atoms with Gasteiger partial charge in [0.2, 0.25) is 5.91 Å². The molecule has 0 bridgehead atoms. The molecule has 0 spiro atoms. The number of nitrogens with one attached hydrogen (secondary N) is 2. The molecule has 0 saturated carbocycles. The highest BCUT2D eigenvalue weighted by Gasteiger charge is 2.26. The van der Waals surface area contributed by atoms with Crippen LogP contribution in [0.5, 0.6) is 0 Å². The SMILES string of the molecule is CCN(CCOC)C(=O)C1CNc2ccccc2N1. The summed E-state index contributed by atoms with van der Waals surface area (Å²) in [4.78, 5) is 14.2. The van der Waals surface area contributed by atoms with Gasteiger partial charge in [0.1, 0.15) is 6.04 Å². The Bertz CT molecular complexity index is 436. The molecule has 1 aromatic carbocycles. The number of nitrogens with zero attached hydrogens (tertiary/aromatic N) is 1. The summed E-state index contributed by atoms with van der Waals surface area (Å²) in [7, 11) is 1.65. The zero-order valence-corrected chi connectivity index (χ0v) is 11.5. The fourth-order valence-electron chi connectivity index (χ4n) is 2.21. The van der Waals surface area contributed by atoms with Crippen LogP contribution >= 0.6 is 0 Å². The molecule has 0 fully saturated rings. The van der Waals surface area contributed by atoms with E-state index < -0.39 is 0 Å². The first-order valence-corrected chi connectivity index (χ1v) is 6.63. The van der Waals surface area contributed by atoms with E-state index in [9.17, 15) is 4.79 Å². The van der Waals surface area contributed by atoms with Gasteiger partial charge in [0, 0.05) is 26.7 Å². The Morgan fingerprint density at radius 1 is 1.42 bits per heavy atom. The minimum atomic E-state index is -0.216. The maximum atomic E-state index is 12.4. The van der Waals surface area contributed by atoms with Gasteiger partial charge < -0.3 is 20.3 Å². The average molecular weight is 263 g/mol. The van der Waals surface area contributed by atoms with Crippen LogP contribution in [0.15, 0.2) is 24.3 Å². The van der Waals surface area contributed by atoms with E-state index in [1.807, 2.05) is 36.1 Å². The van der Waals surface area contributed by atoms with Gasteiger partial charge in [-0.2, -0.15) is 0 Å². The average Bonchev–Trinajstić information content (AvgIpc) is 2.47. The summed E-state index contributed by atoms with van der Waals surface area (Å²) in [5.74, 6) is 0.113. The van der Waals surface area contributed by atoms with Gasteiger partial charge in [-0.15, -0.1) is 0 Å². The predicted octanol–water partition coefficient (Wildman–Crippen LogP) is 1.39. The van der Waals surface area contributed by atoms with Crippen molar-refractivity contribution in [2.45, 2.75) is 13.0 Å². The number of methoxy groups -OCH3 is 1. The van der Waals surface area contributed by atoms with E-state index in [1.165, 1.54) is 0 Å². The zero-order chi connectivity index (χ0) is 13.7. The van der Waals surface area contributed by atoms with Crippen LogP contribution in [0.4, 0.5) is 11.4 Å². The lowest BCUT2D eigenvalue weighted by atomic mass is 10.1. The number of carbonyl (C=O) groups is 1. The Morgan fingerprint density at radius 3 is 2.84 bits per heavy atom. The molecule has 104 valence electrons. The predicted molar refractivity (Wildman–Crippen MR) is 76.5 cm³/mol. The fourth-order valence-corrected chi connectivity index (χ4v) is 2.21. The summed E-state index contributed by atoms with van der Waals surface area (Å²) in [6.07, 6.45) is 0. The number of para-hydroxylation sites is 2. The molecule has 1 amide bonds. The van der Waals surface area contributed by atoms with Crippen LogP contribution in [0.1, 0.15) is 6.92 Å². The number of ether oxygens (including phenoxy) is 1. The Kier molecular flexibility index (Phi) is 4.63. The largest absolute Gasteiger partial charge is 0.383 e. The first kappa shape index (κ1) is 13.7. The molecular weight excluding hydrogens is 242 g/mol. The molecule has 2 N–H and O–H groups in total. The van der Waals surface area contributed by atoms with Crippen molar-refractivity contribution >= 4 is 17.3 Å². The molecule has 1 atom stereocenters. The van der Waals surface area contributed by atoms with Crippen molar-refractivity contribution in [2.75, 3.05) is 44.0 Å². The first-order valence-electron chi connectivity index (χ1n) is 6.63. The minimum absolute atomic E-state index is 0.113. The van der Waals surface area contributed by atoms with Gasteiger partial charge in [-0.1, -0.05) is 12.1 Å². The quantitative estimate of drug-likeness (QED) is 0.843. The topological polar surface area (TPSA) is 53.6 Å². The van der Waals surface area contributed by atoms with Gasteiger partial charge in [0.25, 0.3) is 0 Å². The zero-order valence-electron chi connectivity index (χ0n) is 11.5. The molecule has 0 aromatic heterocycles. The molecule has 1 aliphatic heterocycles. The molecule has 5 nitrogen and oxygen atoms in total. The van der Waals surface area contributed by atoms with Crippen LogP contribution in [-0.2, 0) is 9.53 Å². The Hall–Kier alpha value is -1.75. The number of hydrogen-bond acceptors (Lipinski definition) is 4. The van der Waals surface area contributed by atoms with E-state index in [2.05, 4.69) is 10.6 Å². The third-order valence-electron chi connectivity index (χ3n) is 3.31. The van der Waals surface area contributed by atoms with Crippen molar-refractivity contribution in [1.82, 2.24) is 4.90 Å². The normalized spacial score (nSPS) is 17.1. The summed E-state index contributed by atoms with van der Waals surface area (Å²) in [5, 5.41) is 6.58. The summed E-state index contributed by atoms with van der Waals surface area (Å²) < 4.78 is 5.04. The van der Waals surface area contributed by atoms with Crippen LogP contribution in [0, 0.1) is 0 Å². The smallest absolute Gasteiger partial charge is 0.246 e. The third-order valence-corrected chi connectivity index (χ3v) is 3.31. The van der Waals surface area contributed by atoms with E-state index in [1.54, 1.807) is 7.11 Å². The van der Waals surface area contributed by atoms with Crippen molar-refractivity contribution in [2.24, 2.45) is 0 Å². The van der Waals surface area contributed by atoms with Crippen LogP contribution in [0.2, 0.25) is 0 Å². The van der Waals surface area contributed by atoms with Crippen LogP contribution < -0.4 is 10.6 Å². The molecule has 5 heteroatoms. The molecular formula is C14H21N3O2. The highest BCUT2D eigenvalue weighted by Crippen LogP contribution is 2.25. The number of anilines is 2. The molecule has 0 aliphatic carbocycles. The van der Waals surface area contributed by atoms with Gasteiger partial charge >= 0.3 is 0 Å². The number of amides is 1. The Morgan fingerprint density at radius 2 is 2.16 bits per heavy atom. The number of benzene rings is 1. The third kappa shape index (κ3) is 3.17. The van der Waals surface area contributed by atoms with Gasteiger partial charge in [0.05, 0.1) is 18.0 Å². The highest BCUT2D eigenvalue weighted by atomic mass is 16.5. The van der Waals surface area contributed by atoms with Gasteiger partial charge in [-0.3, -0.25) is 4.79 Å². The molecule has 2 rings (SSSR count). The van der Waals surface area contributed by atoms with Crippen LogP contribution in [0.3, 0.4) is 0 Å². The van der Waals surface area contributed by atoms with E-state index >= 15 is 0 Å². The standard InChI is InChI=1S/C14H21N3O2/c1-3-17(8-9-19-2)14(18)13-10-15-11-6-4-5-7-12(11)16-13/h4-7,13,15-16H,3,8-10H2,1-2H3. The highest BCUT2D eigenvalue weighted by molar-refractivity contribution is 5.88. The van der Waals surface area contributed by atoms with E-state index in [4.69, 9.17) is 4.74 Å². The summed E-state index contributed by atoms with van der Waals surface area (Å²) >= 11 is 0. The first-order chi connectivity index (χ1) is 9.26. The van der Waals surface area contributed by atoms with Crippen LogP contribution in [0.25, 0.3) is 0 Å².